The number of carbonyl (C=O) groups excluding carboxylic acids is 1. The van der Waals surface area contributed by atoms with E-state index in [1.165, 1.54) is 28.4 Å². The summed E-state index contributed by atoms with van der Waals surface area (Å²) in [5, 5.41) is 0. The molecule has 0 aliphatic heterocycles. The number of pyridine rings is 1. The van der Waals surface area contributed by atoms with Gasteiger partial charge in [-0.3, -0.25) is 4.98 Å². The fourth-order valence-corrected chi connectivity index (χ4v) is 3.85. The fraction of sp³-hybridized carbons (Fsp3) is 0.182. The molecule has 4 aromatic rings. The first-order chi connectivity index (χ1) is 15.4. The van der Waals surface area contributed by atoms with Crippen molar-refractivity contribution in [2.24, 2.45) is 0 Å². The lowest BCUT2D eigenvalue weighted by molar-refractivity contribution is 0.128. The molecular weight excluding hydrogens is 437 g/mol. The number of anilines is 1. The van der Waals surface area contributed by atoms with Crippen LogP contribution < -0.4 is 15.2 Å². The van der Waals surface area contributed by atoms with Crippen molar-refractivity contribution in [3.05, 3.63) is 54.5 Å². The Balaban J connectivity index is 1.55. The van der Waals surface area contributed by atoms with Crippen LogP contribution in [0.3, 0.4) is 0 Å². The maximum atomic E-state index is 14.2. The normalized spacial score (nSPS) is 11.0. The molecule has 0 aliphatic rings. The summed E-state index contributed by atoms with van der Waals surface area (Å²) < 4.78 is 36.5. The van der Waals surface area contributed by atoms with Crippen molar-refractivity contribution in [3.8, 4) is 28.1 Å². The van der Waals surface area contributed by atoms with Crippen LogP contribution in [0, 0.1) is 5.82 Å². The van der Waals surface area contributed by atoms with Crippen LogP contribution in [0.4, 0.5) is 14.9 Å². The average Bonchev–Trinajstić information content (AvgIpc) is 3.41. The van der Waals surface area contributed by atoms with Crippen molar-refractivity contribution in [3.63, 3.8) is 0 Å². The average molecular weight is 457 g/mol. The molecule has 0 unspecified atom stereocenters. The predicted octanol–water partition coefficient (Wildman–Crippen LogP) is 5.15. The molecule has 10 heteroatoms. The third-order valence-corrected chi connectivity index (χ3v) is 5.66. The molecular formula is C22H20FN3O5S. The molecule has 2 N–H and O–H groups in total. The summed E-state index contributed by atoms with van der Waals surface area (Å²) in [6.07, 6.45) is 1.02. The number of rotatable bonds is 7. The largest absolute Gasteiger partial charge is 0.453 e. The molecule has 0 fully saturated rings. The smallest absolute Gasteiger partial charge is 0.417 e. The van der Waals surface area contributed by atoms with Gasteiger partial charge in [-0.25, -0.2) is 9.18 Å². The van der Waals surface area contributed by atoms with Crippen LogP contribution in [0.2, 0.25) is 0 Å². The lowest BCUT2D eigenvalue weighted by Gasteiger charge is -2.14. The van der Waals surface area contributed by atoms with E-state index >= 15 is 0 Å². The van der Waals surface area contributed by atoms with Crippen molar-refractivity contribution in [1.29, 1.82) is 0 Å². The van der Waals surface area contributed by atoms with Gasteiger partial charge in [0.05, 0.1) is 21.7 Å². The summed E-state index contributed by atoms with van der Waals surface area (Å²) in [4.78, 5) is 18.6. The van der Waals surface area contributed by atoms with Crippen LogP contribution >= 0.6 is 11.3 Å². The molecule has 3 heterocycles. The molecule has 166 valence electrons. The number of nitrogens with two attached hydrogens (primary N) is 1. The van der Waals surface area contributed by atoms with Gasteiger partial charge in [-0.15, -0.1) is 11.3 Å². The number of halogens is 1. The number of amides is 1. The van der Waals surface area contributed by atoms with Crippen molar-refractivity contribution in [1.82, 2.24) is 9.88 Å². The number of nitrogens with zero attached hydrogens (tertiary/aromatic N) is 2. The monoisotopic (exact) mass is 457 g/mol. The van der Waals surface area contributed by atoms with Gasteiger partial charge < -0.3 is 29.3 Å². The van der Waals surface area contributed by atoms with Gasteiger partial charge in [0, 0.05) is 50.8 Å². The van der Waals surface area contributed by atoms with E-state index in [0.717, 1.165) is 4.88 Å². The molecule has 3 aromatic heterocycles. The Hall–Kier alpha value is -3.63. The molecule has 0 atom stereocenters. The van der Waals surface area contributed by atoms with E-state index in [1.807, 2.05) is 6.07 Å². The van der Waals surface area contributed by atoms with E-state index in [2.05, 4.69) is 4.98 Å². The predicted molar refractivity (Wildman–Crippen MR) is 119 cm³/mol. The highest BCUT2D eigenvalue weighted by Crippen LogP contribution is 2.40. The lowest BCUT2D eigenvalue weighted by atomic mass is 10.3. The van der Waals surface area contributed by atoms with Crippen molar-refractivity contribution < 1.29 is 27.8 Å². The summed E-state index contributed by atoms with van der Waals surface area (Å²) in [5.74, 6) is 0.527. The molecule has 4 rings (SSSR count). The molecule has 0 saturated heterocycles. The minimum atomic E-state index is -0.556. The van der Waals surface area contributed by atoms with Crippen LogP contribution in [0.1, 0.15) is 0 Å². The third-order valence-electron chi connectivity index (χ3n) is 4.51. The molecule has 0 radical (unpaired) electrons. The fourth-order valence-electron chi connectivity index (χ4n) is 2.83. The summed E-state index contributed by atoms with van der Waals surface area (Å²) in [6, 6.07) is 11.0. The minimum absolute atomic E-state index is 0.0615. The van der Waals surface area contributed by atoms with Crippen molar-refractivity contribution in [2.75, 3.05) is 33.0 Å². The van der Waals surface area contributed by atoms with E-state index in [4.69, 9.17) is 24.4 Å². The van der Waals surface area contributed by atoms with E-state index in [9.17, 15) is 9.18 Å². The summed E-state index contributed by atoms with van der Waals surface area (Å²) in [7, 11) is 3.16. The second kappa shape index (κ2) is 9.25. The molecule has 1 amide bonds. The van der Waals surface area contributed by atoms with E-state index in [-0.39, 0.29) is 11.7 Å². The van der Waals surface area contributed by atoms with Crippen molar-refractivity contribution in [2.45, 2.75) is 0 Å². The van der Waals surface area contributed by atoms with Crippen LogP contribution in [-0.4, -0.2) is 43.3 Å². The number of aromatic nitrogens is 1. The minimum Gasteiger partial charge on any atom is -0.453 e. The molecule has 1 aromatic carbocycles. The third kappa shape index (κ3) is 4.66. The highest BCUT2D eigenvalue weighted by Gasteiger charge is 2.17. The van der Waals surface area contributed by atoms with E-state index in [1.54, 1.807) is 44.6 Å². The van der Waals surface area contributed by atoms with Gasteiger partial charge >= 0.3 is 6.09 Å². The van der Waals surface area contributed by atoms with Crippen LogP contribution in [0.15, 0.2) is 53.1 Å². The quantitative estimate of drug-likeness (QED) is 0.383. The first kappa shape index (κ1) is 21.6. The number of methoxy groups -OCH3 is 1. The molecule has 0 bridgehead atoms. The summed E-state index contributed by atoms with van der Waals surface area (Å²) in [6.45, 7) is 0.788. The Morgan fingerprint density at radius 2 is 2.06 bits per heavy atom. The van der Waals surface area contributed by atoms with Gasteiger partial charge in [-0.1, -0.05) is 0 Å². The standard InChI is InChI=1S/C22H20FN3O5S/c1-26(9-10-28-2)22(27)31-20-6-5-17(30-20)19-12-15-21(32-19)18(7-8-25-15)29-16-4-3-13(24)11-14(16)23/h3-8,11-12H,9-10,24H2,1-2H3. The Morgan fingerprint density at radius 3 is 2.84 bits per heavy atom. The molecule has 0 aliphatic carbocycles. The summed E-state index contributed by atoms with van der Waals surface area (Å²) >= 11 is 1.36. The van der Waals surface area contributed by atoms with Crippen LogP contribution in [0.5, 0.6) is 17.4 Å². The topological polar surface area (TPSA) is 100 Å². The van der Waals surface area contributed by atoms with Gasteiger partial charge in [-0.2, -0.15) is 0 Å². The molecule has 0 spiro atoms. The zero-order valence-electron chi connectivity index (χ0n) is 17.3. The van der Waals surface area contributed by atoms with Gasteiger partial charge in [0.1, 0.15) is 11.5 Å². The number of benzene rings is 1. The maximum absolute atomic E-state index is 14.2. The molecule has 0 saturated carbocycles. The number of thiophene rings is 1. The van der Waals surface area contributed by atoms with Gasteiger partial charge in [-0.05, 0) is 24.3 Å². The Bertz CT molecular complexity index is 1260. The Kier molecular flexibility index (Phi) is 6.24. The Labute approximate surface area is 186 Å². The van der Waals surface area contributed by atoms with Crippen LogP contribution in [0.25, 0.3) is 20.9 Å². The first-order valence-corrected chi connectivity index (χ1v) is 10.4. The first-order valence-electron chi connectivity index (χ1n) is 9.58. The highest BCUT2D eigenvalue weighted by atomic mass is 32.1. The number of carbonyl (C=O) groups is 1. The van der Waals surface area contributed by atoms with Gasteiger partial charge in [0.2, 0.25) is 0 Å². The number of hydrogen-bond acceptors (Lipinski definition) is 8. The SMILES string of the molecule is COCCN(C)C(=O)Oc1ccc(-c2cc3nccc(Oc4ccc(N)cc4F)c3s2)o1. The number of fused-ring (bicyclic) bond motifs is 1. The zero-order valence-corrected chi connectivity index (χ0v) is 18.1. The number of likely N-dealkylation sites (N-methyl/N-ethyl adjacent to an activating group) is 1. The van der Waals surface area contributed by atoms with Gasteiger partial charge in [0.25, 0.3) is 5.95 Å². The second-order valence-corrected chi connectivity index (χ2v) is 7.88. The zero-order chi connectivity index (χ0) is 22.7. The van der Waals surface area contributed by atoms with Crippen LogP contribution in [-0.2, 0) is 4.74 Å². The van der Waals surface area contributed by atoms with Crippen molar-refractivity contribution >= 4 is 33.3 Å². The van der Waals surface area contributed by atoms with E-state index < -0.39 is 11.9 Å². The summed E-state index contributed by atoms with van der Waals surface area (Å²) in [5.41, 5.74) is 6.57. The number of nitrogen functional groups attached to an aromatic ring is 1. The number of hydrogen-bond donors (Lipinski definition) is 1. The lowest BCUT2D eigenvalue weighted by Crippen LogP contribution is -2.32. The molecule has 8 nitrogen and oxygen atoms in total. The highest BCUT2D eigenvalue weighted by molar-refractivity contribution is 7.22. The van der Waals surface area contributed by atoms with Gasteiger partial charge in [0.15, 0.2) is 11.6 Å². The van der Waals surface area contributed by atoms with E-state index in [0.29, 0.717) is 40.6 Å². The molecule has 32 heavy (non-hydrogen) atoms. The maximum Gasteiger partial charge on any atom is 0.417 e. The second-order valence-electron chi connectivity index (χ2n) is 6.83. The number of ether oxygens (including phenoxy) is 3. The number of furan rings is 1. The Morgan fingerprint density at radius 1 is 1.22 bits per heavy atom.